The van der Waals surface area contributed by atoms with Crippen LogP contribution in [0.25, 0.3) is 11.5 Å². The van der Waals surface area contributed by atoms with Gasteiger partial charge in [-0.2, -0.15) is 10.1 Å². The highest BCUT2D eigenvalue weighted by atomic mass is 16.5. The Morgan fingerprint density at radius 2 is 2.50 bits per heavy atom. The standard InChI is InChI=1S/C10H13N5O/c1-15-6-4-7(13-15)9-12-10(16-14-9)8-3-2-5-11-8/h4,6,8,11H,2-3,5H2,1H3/t8-/m0/s1. The van der Waals surface area contributed by atoms with E-state index < -0.39 is 0 Å². The van der Waals surface area contributed by atoms with Crippen LogP contribution in [0.1, 0.15) is 24.8 Å². The first-order valence-corrected chi connectivity index (χ1v) is 5.40. The molecule has 0 bridgehead atoms. The second-order valence-corrected chi connectivity index (χ2v) is 3.98. The third kappa shape index (κ3) is 1.61. The minimum absolute atomic E-state index is 0.213. The summed E-state index contributed by atoms with van der Waals surface area (Å²) in [4.78, 5) is 4.36. The van der Waals surface area contributed by atoms with Crippen LogP contribution in [0.5, 0.6) is 0 Å². The predicted molar refractivity (Wildman–Crippen MR) is 56.5 cm³/mol. The van der Waals surface area contributed by atoms with Crippen molar-refractivity contribution in [3.05, 3.63) is 18.2 Å². The number of aromatic nitrogens is 4. The Morgan fingerprint density at radius 3 is 3.19 bits per heavy atom. The molecule has 2 aromatic heterocycles. The van der Waals surface area contributed by atoms with Gasteiger partial charge in [-0.1, -0.05) is 5.16 Å². The maximum atomic E-state index is 5.24. The highest BCUT2D eigenvalue weighted by Crippen LogP contribution is 2.23. The van der Waals surface area contributed by atoms with Gasteiger partial charge in [0, 0.05) is 13.2 Å². The van der Waals surface area contributed by atoms with Gasteiger partial charge in [0.25, 0.3) is 0 Å². The molecule has 3 heterocycles. The van der Waals surface area contributed by atoms with Gasteiger partial charge in [0.15, 0.2) is 0 Å². The molecule has 0 saturated carbocycles. The van der Waals surface area contributed by atoms with Gasteiger partial charge in [-0.25, -0.2) is 0 Å². The molecule has 1 N–H and O–H groups in total. The number of hydrogen-bond donors (Lipinski definition) is 1. The van der Waals surface area contributed by atoms with E-state index in [0.29, 0.717) is 11.7 Å². The van der Waals surface area contributed by atoms with Crippen LogP contribution in [0.15, 0.2) is 16.8 Å². The Balaban J connectivity index is 1.87. The van der Waals surface area contributed by atoms with E-state index in [0.717, 1.165) is 25.1 Å². The number of nitrogens with one attached hydrogen (secondary N) is 1. The summed E-state index contributed by atoms with van der Waals surface area (Å²) in [7, 11) is 1.86. The molecule has 1 atom stereocenters. The number of rotatable bonds is 2. The van der Waals surface area contributed by atoms with Gasteiger partial charge in [-0.3, -0.25) is 4.68 Å². The van der Waals surface area contributed by atoms with Gasteiger partial charge in [0.2, 0.25) is 11.7 Å². The average molecular weight is 219 g/mol. The monoisotopic (exact) mass is 219 g/mol. The van der Waals surface area contributed by atoms with Crippen LogP contribution in [0, 0.1) is 0 Å². The summed E-state index contributed by atoms with van der Waals surface area (Å²) in [5, 5.41) is 11.5. The van der Waals surface area contributed by atoms with Crippen LogP contribution in [0.4, 0.5) is 0 Å². The summed E-state index contributed by atoms with van der Waals surface area (Å²) in [6.07, 6.45) is 4.08. The molecule has 1 aliphatic heterocycles. The van der Waals surface area contributed by atoms with Crippen molar-refractivity contribution in [1.82, 2.24) is 25.2 Å². The molecule has 6 heteroatoms. The van der Waals surface area contributed by atoms with Crippen LogP contribution >= 0.6 is 0 Å². The molecule has 3 rings (SSSR count). The normalized spacial score (nSPS) is 20.4. The lowest BCUT2D eigenvalue weighted by Gasteiger charge is -2.00. The zero-order valence-corrected chi connectivity index (χ0v) is 9.05. The van der Waals surface area contributed by atoms with Crippen LogP contribution in [-0.4, -0.2) is 26.5 Å². The summed E-state index contributed by atoms with van der Waals surface area (Å²) < 4.78 is 6.96. The van der Waals surface area contributed by atoms with E-state index in [1.807, 2.05) is 19.3 Å². The lowest BCUT2D eigenvalue weighted by molar-refractivity contribution is 0.345. The van der Waals surface area contributed by atoms with Crippen molar-refractivity contribution in [2.24, 2.45) is 7.05 Å². The number of nitrogens with zero attached hydrogens (tertiary/aromatic N) is 4. The van der Waals surface area contributed by atoms with Crippen molar-refractivity contribution in [2.45, 2.75) is 18.9 Å². The van der Waals surface area contributed by atoms with Crippen molar-refractivity contribution in [3.8, 4) is 11.5 Å². The zero-order valence-electron chi connectivity index (χ0n) is 9.05. The SMILES string of the molecule is Cn1ccc(-c2noc([C@@H]3CCCN3)n2)n1. The fraction of sp³-hybridized carbons (Fsp3) is 0.500. The maximum Gasteiger partial charge on any atom is 0.244 e. The molecule has 2 aromatic rings. The molecule has 0 aliphatic carbocycles. The molecule has 1 saturated heterocycles. The average Bonchev–Trinajstić information content (AvgIpc) is 2.97. The van der Waals surface area contributed by atoms with E-state index in [1.165, 1.54) is 0 Å². The van der Waals surface area contributed by atoms with Crippen molar-refractivity contribution in [3.63, 3.8) is 0 Å². The van der Waals surface area contributed by atoms with Crippen LogP contribution in [0.2, 0.25) is 0 Å². The van der Waals surface area contributed by atoms with E-state index in [4.69, 9.17) is 4.52 Å². The molecule has 0 unspecified atom stereocenters. The summed E-state index contributed by atoms with van der Waals surface area (Å²) in [5.41, 5.74) is 0.746. The van der Waals surface area contributed by atoms with Crippen molar-refractivity contribution in [2.75, 3.05) is 6.54 Å². The minimum atomic E-state index is 0.213. The largest absolute Gasteiger partial charge is 0.337 e. The second-order valence-electron chi connectivity index (χ2n) is 3.98. The zero-order chi connectivity index (χ0) is 11.0. The predicted octanol–water partition coefficient (Wildman–Crippen LogP) is 0.895. The Bertz CT molecular complexity index is 483. The molecule has 1 fully saturated rings. The van der Waals surface area contributed by atoms with Gasteiger partial charge < -0.3 is 9.84 Å². The van der Waals surface area contributed by atoms with Gasteiger partial charge in [0.1, 0.15) is 5.69 Å². The molecule has 0 aromatic carbocycles. The van der Waals surface area contributed by atoms with Gasteiger partial charge >= 0.3 is 0 Å². The van der Waals surface area contributed by atoms with Gasteiger partial charge in [0.05, 0.1) is 6.04 Å². The Labute approximate surface area is 92.6 Å². The maximum absolute atomic E-state index is 5.24. The fourth-order valence-corrected chi connectivity index (χ4v) is 1.91. The fourth-order valence-electron chi connectivity index (χ4n) is 1.91. The van der Waals surface area contributed by atoms with E-state index in [-0.39, 0.29) is 6.04 Å². The Morgan fingerprint density at radius 1 is 1.56 bits per heavy atom. The highest BCUT2D eigenvalue weighted by molar-refractivity contribution is 5.46. The Hall–Kier alpha value is -1.69. The Kier molecular flexibility index (Phi) is 2.21. The van der Waals surface area contributed by atoms with Crippen LogP contribution < -0.4 is 5.32 Å². The van der Waals surface area contributed by atoms with E-state index in [9.17, 15) is 0 Å². The first-order valence-electron chi connectivity index (χ1n) is 5.40. The topological polar surface area (TPSA) is 68.8 Å². The van der Waals surface area contributed by atoms with Crippen molar-refractivity contribution in [1.29, 1.82) is 0 Å². The van der Waals surface area contributed by atoms with Crippen LogP contribution in [0.3, 0.4) is 0 Å². The summed E-state index contributed by atoms with van der Waals surface area (Å²) in [6.45, 7) is 1.02. The third-order valence-electron chi connectivity index (χ3n) is 2.74. The summed E-state index contributed by atoms with van der Waals surface area (Å²) in [6, 6.07) is 2.08. The first-order chi connectivity index (χ1) is 7.83. The van der Waals surface area contributed by atoms with E-state index >= 15 is 0 Å². The molecule has 0 amide bonds. The molecular weight excluding hydrogens is 206 g/mol. The molecular formula is C10H13N5O. The van der Waals surface area contributed by atoms with Crippen molar-refractivity contribution >= 4 is 0 Å². The molecule has 16 heavy (non-hydrogen) atoms. The van der Waals surface area contributed by atoms with Gasteiger partial charge in [-0.15, -0.1) is 0 Å². The highest BCUT2D eigenvalue weighted by Gasteiger charge is 2.23. The minimum Gasteiger partial charge on any atom is -0.337 e. The summed E-state index contributed by atoms with van der Waals surface area (Å²) in [5.74, 6) is 1.22. The number of hydrogen-bond acceptors (Lipinski definition) is 5. The van der Waals surface area contributed by atoms with Gasteiger partial charge in [-0.05, 0) is 25.5 Å². The van der Waals surface area contributed by atoms with Crippen LogP contribution in [-0.2, 0) is 7.05 Å². The first kappa shape index (κ1) is 9.53. The van der Waals surface area contributed by atoms with Crippen molar-refractivity contribution < 1.29 is 4.52 Å². The molecule has 6 nitrogen and oxygen atoms in total. The van der Waals surface area contributed by atoms with E-state index in [1.54, 1.807) is 4.68 Å². The molecule has 0 spiro atoms. The number of aryl methyl sites for hydroxylation is 1. The molecule has 84 valence electrons. The lowest BCUT2D eigenvalue weighted by Crippen LogP contribution is -2.12. The smallest absolute Gasteiger partial charge is 0.244 e. The third-order valence-corrected chi connectivity index (χ3v) is 2.74. The second kappa shape index (κ2) is 3.71. The van der Waals surface area contributed by atoms with E-state index in [2.05, 4.69) is 20.6 Å². The lowest BCUT2D eigenvalue weighted by atomic mass is 10.2. The molecule has 0 radical (unpaired) electrons. The molecule has 1 aliphatic rings. The quantitative estimate of drug-likeness (QED) is 0.812. The summed E-state index contributed by atoms with van der Waals surface area (Å²) >= 11 is 0.